The Morgan fingerprint density at radius 1 is 1.04 bits per heavy atom. The molecule has 2 fully saturated rings. The van der Waals surface area contributed by atoms with Crippen LogP contribution < -0.4 is 5.32 Å². The highest BCUT2D eigenvalue weighted by Crippen LogP contribution is 2.44. The fraction of sp³-hybridized carbons (Fsp3) is 0.381. The molecule has 146 valence electrons. The molecule has 4 rings (SSSR count). The van der Waals surface area contributed by atoms with Crippen molar-refractivity contribution in [1.82, 2.24) is 9.88 Å². The summed E-state index contributed by atoms with van der Waals surface area (Å²) < 4.78 is 0.399. The van der Waals surface area contributed by atoms with Crippen LogP contribution in [0.4, 0.5) is 5.69 Å². The van der Waals surface area contributed by atoms with Crippen LogP contribution in [0, 0.1) is 0 Å². The zero-order valence-electron chi connectivity index (χ0n) is 15.5. The van der Waals surface area contributed by atoms with Crippen LogP contribution in [-0.4, -0.2) is 39.7 Å². The Morgan fingerprint density at radius 2 is 1.82 bits per heavy atom. The summed E-state index contributed by atoms with van der Waals surface area (Å²) in [4.78, 5) is 31.2. The van der Waals surface area contributed by atoms with E-state index in [-0.39, 0.29) is 6.04 Å². The number of hydrogen-bond acceptors (Lipinski definition) is 5. The number of nitrogens with one attached hydrogen (secondary N) is 1. The van der Waals surface area contributed by atoms with Crippen LogP contribution in [0.1, 0.15) is 41.0 Å². The van der Waals surface area contributed by atoms with Crippen molar-refractivity contribution in [1.29, 1.82) is 0 Å². The molecule has 0 aliphatic carbocycles. The fourth-order valence-electron chi connectivity index (χ4n) is 3.70. The molecule has 0 saturated carbocycles. The van der Waals surface area contributed by atoms with Crippen LogP contribution in [0.25, 0.3) is 0 Å². The molecule has 2 aromatic rings. The molecular formula is C21H23N3O2S2. The van der Waals surface area contributed by atoms with E-state index in [1.807, 2.05) is 53.9 Å². The summed E-state index contributed by atoms with van der Waals surface area (Å²) >= 11 is 3.88. The Labute approximate surface area is 173 Å². The third-order valence-electron chi connectivity index (χ3n) is 5.04. The first-order valence-electron chi connectivity index (χ1n) is 9.57. The normalized spacial score (nSPS) is 20.1. The van der Waals surface area contributed by atoms with Crippen LogP contribution in [0.2, 0.25) is 0 Å². The smallest absolute Gasteiger partial charge is 0.313 e. The molecule has 1 N–H and O–H groups in total. The van der Waals surface area contributed by atoms with Crippen molar-refractivity contribution in [3.63, 3.8) is 0 Å². The second kappa shape index (κ2) is 9.01. The fourth-order valence-corrected chi connectivity index (χ4v) is 6.57. The largest absolute Gasteiger partial charge is 0.327 e. The minimum Gasteiger partial charge on any atom is -0.327 e. The highest BCUT2D eigenvalue weighted by Gasteiger charge is 2.33. The summed E-state index contributed by atoms with van der Waals surface area (Å²) in [7, 11) is 0. The zero-order valence-corrected chi connectivity index (χ0v) is 17.2. The lowest BCUT2D eigenvalue weighted by molar-refractivity contribution is -0.143. The van der Waals surface area contributed by atoms with Gasteiger partial charge in [-0.3, -0.25) is 14.6 Å². The maximum absolute atomic E-state index is 12.8. The van der Waals surface area contributed by atoms with Gasteiger partial charge in [-0.2, -0.15) is 0 Å². The van der Waals surface area contributed by atoms with Crippen molar-refractivity contribution in [2.24, 2.45) is 0 Å². The van der Waals surface area contributed by atoms with Crippen molar-refractivity contribution in [2.45, 2.75) is 29.9 Å². The Morgan fingerprint density at radius 3 is 2.61 bits per heavy atom. The minimum absolute atomic E-state index is 0.0531. The molecule has 0 radical (unpaired) electrons. The monoisotopic (exact) mass is 413 g/mol. The summed E-state index contributed by atoms with van der Waals surface area (Å²) in [6, 6.07) is 11.6. The molecule has 1 aromatic heterocycles. The van der Waals surface area contributed by atoms with Crippen molar-refractivity contribution in [3.8, 4) is 0 Å². The lowest BCUT2D eigenvalue weighted by Gasteiger charge is -2.24. The van der Waals surface area contributed by atoms with Crippen molar-refractivity contribution >= 4 is 41.0 Å². The maximum Gasteiger partial charge on any atom is 0.313 e. The van der Waals surface area contributed by atoms with E-state index in [9.17, 15) is 9.59 Å². The Hall–Kier alpha value is -1.99. The van der Waals surface area contributed by atoms with Gasteiger partial charge in [0.1, 0.15) is 0 Å². The van der Waals surface area contributed by atoms with Crippen LogP contribution in [0.3, 0.4) is 0 Å². The Bertz CT molecular complexity index is 841. The molecule has 2 saturated heterocycles. The predicted octanol–water partition coefficient (Wildman–Crippen LogP) is 4.25. The molecule has 2 amide bonds. The number of carbonyl (C=O) groups excluding carboxylic acids is 2. The molecule has 7 heteroatoms. The Balaban J connectivity index is 1.44. The number of nitrogens with zero attached hydrogens (tertiary/aromatic N) is 2. The molecule has 2 aliphatic rings. The second-order valence-electron chi connectivity index (χ2n) is 6.94. The molecular weight excluding hydrogens is 390 g/mol. The van der Waals surface area contributed by atoms with Gasteiger partial charge in [-0.25, -0.2) is 0 Å². The van der Waals surface area contributed by atoms with Gasteiger partial charge in [0.05, 0.1) is 10.6 Å². The molecule has 1 atom stereocenters. The number of pyridine rings is 1. The third-order valence-corrected chi connectivity index (χ3v) is 8.06. The maximum atomic E-state index is 12.8. The van der Waals surface area contributed by atoms with Gasteiger partial charge in [0.25, 0.3) is 0 Å². The molecule has 28 heavy (non-hydrogen) atoms. The van der Waals surface area contributed by atoms with Gasteiger partial charge < -0.3 is 10.2 Å². The molecule has 3 heterocycles. The summed E-state index contributed by atoms with van der Waals surface area (Å²) in [5, 5.41) is 2.81. The molecule has 5 nitrogen and oxygen atoms in total. The molecule has 1 aromatic carbocycles. The summed E-state index contributed by atoms with van der Waals surface area (Å²) in [5.41, 5.74) is 2.90. The van der Waals surface area contributed by atoms with Crippen molar-refractivity contribution < 1.29 is 9.59 Å². The van der Waals surface area contributed by atoms with Gasteiger partial charge >= 0.3 is 11.8 Å². The highest BCUT2D eigenvalue weighted by atomic mass is 32.2. The average molecular weight is 414 g/mol. The van der Waals surface area contributed by atoms with E-state index in [0.717, 1.165) is 29.9 Å². The summed E-state index contributed by atoms with van der Waals surface area (Å²) in [6.45, 7) is 0.606. The number of aromatic nitrogens is 1. The number of anilines is 1. The summed E-state index contributed by atoms with van der Waals surface area (Å²) in [6.07, 6.45) is 6.46. The van der Waals surface area contributed by atoms with E-state index in [0.29, 0.717) is 16.8 Å². The number of benzene rings is 1. The van der Waals surface area contributed by atoms with Gasteiger partial charge in [-0.05, 0) is 66.2 Å². The number of thioether (sulfide) groups is 2. The first-order chi connectivity index (χ1) is 13.7. The standard InChI is InChI=1S/C21H23N3O2S2/c25-19(20(26)24-11-2-6-18(24)15-7-9-22-10-8-15)23-17-5-1-4-16(14-17)21-27-12-3-13-28-21/h1,4-5,7-10,14,18,21H,2-3,6,11-13H2,(H,23,25)/t18-/m0/s1. The molecule has 2 aliphatic heterocycles. The second-order valence-corrected chi connectivity index (χ2v) is 9.67. The average Bonchev–Trinajstić information content (AvgIpc) is 3.24. The predicted molar refractivity (Wildman–Crippen MR) is 115 cm³/mol. The zero-order chi connectivity index (χ0) is 19.3. The number of likely N-dealkylation sites (tertiary alicyclic amines) is 1. The quantitative estimate of drug-likeness (QED) is 0.762. The van der Waals surface area contributed by atoms with E-state index < -0.39 is 11.8 Å². The Kier molecular flexibility index (Phi) is 6.22. The molecule has 0 spiro atoms. The highest BCUT2D eigenvalue weighted by molar-refractivity contribution is 8.16. The number of amides is 2. The molecule has 0 unspecified atom stereocenters. The first-order valence-corrected chi connectivity index (χ1v) is 11.7. The van der Waals surface area contributed by atoms with Crippen molar-refractivity contribution in [3.05, 3.63) is 59.9 Å². The van der Waals surface area contributed by atoms with Crippen LogP contribution in [0.15, 0.2) is 48.8 Å². The number of rotatable bonds is 3. The topological polar surface area (TPSA) is 62.3 Å². The summed E-state index contributed by atoms with van der Waals surface area (Å²) in [5.74, 6) is 1.30. The molecule has 0 bridgehead atoms. The van der Waals surface area contributed by atoms with Gasteiger partial charge in [-0.15, -0.1) is 23.5 Å². The van der Waals surface area contributed by atoms with Gasteiger partial charge in [0.2, 0.25) is 0 Å². The van der Waals surface area contributed by atoms with Gasteiger partial charge in [0, 0.05) is 24.6 Å². The van der Waals surface area contributed by atoms with E-state index in [2.05, 4.69) is 16.4 Å². The van der Waals surface area contributed by atoms with Crippen LogP contribution >= 0.6 is 23.5 Å². The number of carbonyl (C=O) groups is 2. The van der Waals surface area contributed by atoms with E-state index in [4.69, 9.17) is 0 Å². The van der Waals surface area contributed by atoms with Crippen molar-refractivity contribution in [2.75, 3.05) is 23.4 Å². The van der Waals surface area contributed by atoms with Gasteiger partial charge in [0.15, 0.2) is 0 Å². The van der Waals surface area contributed by atoms with Crippen LogP contribution in [0.5, 0.6) is 0 Å². The van der Waals surface area contributed by atoms with E-state index in [1.54, 1.807) is 17.3 Å². The van der Waals surface area contributed by atoms with Gasteiger partial charge in [-0.1, -0.05) is 12.1 Å². The van der Waals surface area contributed by atoms with Crippen LogP contribution in [-0.2, 0) is 9.59 Å². The van der Waals surface area contributed by atoms with E-state index >= 15 is 0 Å². The first kappa shape index (κ1) is 19.3. The lowest BCUT2D eigenvalue weighted by Crippen LogP contribution is -2.39. The SMILES string of the molecule is O=C(Nc1cccc(C2SCCCS2)c1)C(=O)N1CCC[C@H]1c1ccncc1. The van der Waals surface area contributed by atoms with E-state index in [1.165, 1.54) is 12.0 Å². The number of hydrogen-bond donors (Lipinski definition) is 1. The third kappa shape index (κ3) is 4.36. The lowest BCUT2D eigenvalue weighted by atomic mass is 10.1. The minimum atomic E-state index is -0.568.